The van der Waals surface area contributed by atoms with Crippen molar-refractivity contribution in [3.63, 3.8) is 0 Å². The molecule has 1 aliphatic carbocycles. The standard InChI is InChI=1S/C27H29N7O.C2H4O2/c1-15(2)34(16(3)4)26(35)21-7-5-6-17-10-18(12-22(17)21)23-13-20(11-19-14-30-33-25(19)23)31-24-8-9-29-27(28)32-24;1-2(3)4/h5-9,11-16H,10H2,1-4H3,(H,30,33)(H3,28,29,31,32);1H3,(H,3,4). The lowest BCUT2D eigenvalue weighted by molar-refractivity contribution is -0.134. The number of aromatic nitrogens is 4. The molecule has 0 saturated heterocycles. The molecular formula is C29H33N7O3. The lowest BCUT2D eigenvalue weighted by Crippen LogP contribution is -2.42. The minimum absolute atomic E-state index is 0.0628. The highest BCUT2D eigenvalue weighted by molar-refractivity contribution is 6.05. The second-order valence-corrected chi connectivity index (χ2v) is 9.93. The summed E-state index contributed by atoms with van der Waals surface area (Å²) in [4.78, 5) is 32.7. The van der Waals surface area contributed by atoms with Crippen LogP contribution >= 0.6 is 0 Å². The molecule has 0 fully saturated rings. The van der Waals surface area contributed by atoms with Gasteiger partial charge in [0.05, 0.1) is 11.7 Å². The van der Waals surface area contributed by atoms with Crippen molar-refractivity contribution in [3.05, 3.63) is 71.0 Å². The van der Waals surface area contributed by atoms with E-state index in [1.807, 2.05) is 23.1 Å². The molecule has 2 aromatic carbocycles. The minimum atomic E-state index is -0.833. The molecule has 5 N–H and O–H groups in total. The summed E-state index contributed by atoms with van der Waals surface area (Å²) in [6.45, 7) is 9.31. The van der Waals surface area contributed by atoms with Crippen molar-refractivity contribution in [1.29, 1.82) is 0 Å². The van der Waals surface area contributed by atoms with Gasteiger partial charge >= 0.3 is 0 Å². The van der Waals surface area contributed by atoms with Gasteiger partial charge in [0.2, 0.25) is 5.95 Å². The van der Waals surface area contributed by atoms with Crippen LogP contribution in [0.25, 0.3) is 22.6 Å². The molecule has 1 aliphatic rings. The van der Waals surface area contributed by atoms with Gasteiger partial charge in [-0.1, -0.05) is 12.1 Å². The van der Waals surface area contributed by atoms with E-state index in [1.54, 1.807) is 18.5 Å². The van der Waals surface area contributed by atoms with E-state index in [4.69, 9.17) is 15.6 Å². The Hall–Kier alpha value is -4.73. The van der Waals surface area contributed by atoms with E-state index < -0.39 is 5.97 Å². The van der Waals surface area contributed by atoms with Crippen molar-refractivity contribution in [3.8, 4) is 0 Å². The summed E-state index contributed by atoms with van der Waals surface area (Å²) in [5.41, 5.74) is 12.6. The van der Waals surface area contributed by atoms with Gasteiger partial charge in [-0.3, -0.25) is 14.7 Å². The molecule has 0 spiro atoms. The highest BCUT2D eigenvalue weighted by Crippen LogP contribution is 2.38. The number of hydrogen-bond donors (Lipinski definition) is 4. The number of anilines is 3. The molecule has 39 heavy (non-hydrogen) atoms. The quantitative estimate of drug-likeness (QED) is 0.270. The summed E-state index contributed by atoms with van der Waals surface area (Å²) in [5, 5.41) is 19.1. The van der Waals surface area contributed by atoms with Crippen LogP contribution in [0.5, 0.6) is 0 Å². The van der Waals surface area contributed by atoms with Crippen LogP contribution in [0.3, 0.4) is 0 Å². The molecule has 10 nitrogen and oxygen atoms in total. The third-order valence-electron chi connectivity index (χ3n) is 6.31. The molecule has 4 aromatic rings. The highest BCUT2D eigenvalue weighted by Gasteiger charge is 2.27. The van der Waals surface area contributed by atoms with E-state index in [-0.39, 0.29) is 23.9 Å². The normalized spacial score (nSPS) is 12.1. The van der Waals surface area contributed by atoms with Gasteiger partial charge in [-0.15, -0.1) is 0 Å². The van der Waals surface area contributed by atoms with Crippen molar-refractivity contribution >= 4 is 51.9 Å². The Morgan fingerprint density at radius 2 is 1.85 bits per heavy atom. The Morgan fingerprint density at radius 1 is 1.13 bits per heavy atom. The van der Waals surface area contributed by atoms with Crippen LogP contribution in [0, 0.1) is 0 Å². The Bertz CT molecular complexity index is 1540. The molecule has 1 amide bonds. The Morgan fingerprint density at radius 3 is 2.51 bits per heavy atom. The Balaban J connectivity index is 0.000000826. The number of carbonyl (C=O) groups is 2. The second kappa shape index (κ2) is 11.3. The summed E-state index contributed by atoms with van der Waals surface area (Å²) in [5.74, 6) is 0.0562. The Labute approximate surface area is 227 Å². The fourth-order valence-corrected chi connectivity index (χ4v) is 4.91. The van der Waals surface area contributed by atoms with Crippen molar-refractivity contribution in [2.24, 2.45) is 0 Å². The van der Waals surface area contributed by atoms with Gasteiger partial charge in [-0.2, -0.15) is 10.1 Å². The zero-order chi connectivity index (χ0) is 28.3. The molecule has 0 atom stereocenters. The van der Waals surface area contributed by atoms with Gasteiger partial charge in [0.1, 0.15) is 5.82 Å². The van der Waals surface area contributed by atoms with E-state index in [9.17, 15) is 4.79 Å². The number of aliphatic carboxylic acids is 1. The predicted octanol–water partition coefficient (Wildman–Crippen LogP) is 5.13. The van der Waals surface area contributed by atoms with Crippen LogP contribution in [-0.2, 0) is 11.2 Å². The van der Waals surface area contributed by atoms with Gasteiger partial charge in [0, 0.05) is 47.4 Å². The third-order valence-corrected chi connectivity index (χ3v) is 6.31. The molecule has 5 rings (SSSR count). The molecule has 0 saturated carbocycles. The zero-order valence-corrected chi connectivity index (χ0v) is 22.7. The molecule has 0 bridgehead atoms. The number of rotatable bonds is 6. The number of nitrogens with zero attached hydrogens (tertiary/aromatic N) is 4. The average molecular weight is 528 g/mol. The minimum Gasteiger partial charge on any atom is -0.481 e. The monoisotopic (exact) mass is 527 g/mol. The van der Waals surface area contributed by atoms with Crippen LogP contribution in [0.15, 0.2) is 48.8 Å². The number of carboxylic acids is 1. The first-order valence-electron chi connectivity index (χ1n) is 12.7. The van der Waals surface area contributed by atoms with Gasteiger partial charge < -0.3 is 21.1 Å². The van der Waals surface area contributed by atoms with E-state index >= 15 is 0 Å². The number of benzene rings is 2. The number of hydrogen-bond acceptors (Lipinski definition) is 7. The Kier molecular flexibility index (Phi) is 7.94. The van der Waals surface area contributed by atoms with Gasteiger partial charge in [-0.25, -0.2) is 4.98 Å². The smallest absolute Gasteiger partial charge is 0.300 e. The van der Waals surface area contributed by atoms with Gasteiger partial charge in [0.15, 0.2) is 0 Å². The van der Waals surface area contributed by atoms with Crippen LogP contribution in [0.2, 0.25) is 0 Å². The molecule has 0 radical (unpaired) electrons. The molecule has 10 heteroatoms. The number of aromatic amines is 1. The number of nitrogens with two attached hydrogens (primary N) is 1. The summed E-state index contributed by atoms with van der Waals surface area (Å²) >= 11 is 0. The topological polar surface area (TPSA) is 150 Å². The highest BCUT2D eigenvalue weighted by atomic mass is 16.4. The number of H-pyrrole nitrogens is 1. The predicted molar refractivity (Wildman–Crippen MR) is 154 cm³/mol. The number of nitrogen functional groups attached to an aromatic ring is 1. The largest absolute Gasteiger partial charge is 0.481 e. The second-order valence-electron chi connectivity index (χ2n) is 9.93. The molecule has 2 aromatic heterocycles. The number of carbonyl (C=O) groups excluding carboxylic acids is 1. The van der Waals surface area contributed by atoms with Crippen LogP contribution < -0.4 is 11.1 Å². The van der Waals surface area contributed by atoms with Crippen LogP contribution in [0.4, 0.5) is 17.5 Å². The third kappa shape index (κ3) is 6.06. The summed E-state index contributed by atoms with van der Waals surface area (Å²) in [7, 11) is 0. The van der Waals surface area contributed by atoms with E-state index in [1.165, 1.54) is 0 Å². The maximum atomic E-state index is 13.5. The maximum Gasteiger partial charge on any atom is 0.300 e. The number of nitrogens with one attached hydrogen (secondary N) is 2. The van der Waals surface area contributed by atoms with Crippen molar-refractivity contribution < 1.29 is 14.7 Å². The van der Waals surface area contributed by atoms with Crippen molar-refractivity contribution in [2.45, 2.75) is 53.1 Å². The summed E-state index contributed by atoms with van der Waals surface area (Å²) in [6, 6.07) is 12.1. The molecule has 202 valence electrons. The molecule has 0 aliphatic heterocycles. The van der Waals surface area contributed by atoms with E-state index in [0.29, 0.717) is 5.82 Å². The summed E-state index contributed by atoms with van der Waals surface area (Å²) in [6.07, 6.45) is 6.30. The molecule has 0 unspecified atom stereocenters. The molecular weight excluding hydrogens is 494 g/mol. The van der Waals surface area contributed by atoms with Crippen molar-refractivity contribution in [1.82, 2.24) is 25.1 Å². The number of allylic oxidation sites excluding steroid dienone is 1. The van der Waals surface area contributed by atoms with Crippen LogP contribution in [-0.4, -0.2) is 54.1 Å². The summed E-state index contributed by atoms with van der Waals surface area (Å²) < 4.78 is 0. The van der Waals surface area contributed by atoms with Gasteiger partial charge in [-0.05, 0) is 81.2 Å². The number of fused-ring (bicyclic) bond motifs is 2. The first kappa shape index (κ1) is 27.3. The lowest BCUT2D eigenvalue weighted by Gasteiger charge is -2.31. The fraction of sp³-hybridized carbons (Fsp3) is 0.276. The van der Waals surface area contributed by atoms with Crippen molar-refractivity contribution in [2.75, 3.05) is 11.1 Å². The lowest BCUT2D eigenvalue weighted by atomic mass is 10.00. The van der Waals surface area contributed by atoms with E-state index in [0.717, 1.165) is 57.8 Å². The first-order valence-corrected chi connectivity index (χ1v) is 12.7. The van der Waals surface area contributed by atoms with E-state index in [2.05, 4.69) is 71.4 Å². The number of carboxylic acid groups (broad SMARTS) is 1. The fourth-order valence-electron chi connectivity index (χ4n) is 4.91. The van der Waals surface area contributed by atoms with Gasteiger partial charge in [0.25, 0.3) is 11.9 Å². The SMILES string of the molecule is CC(=O)O.CC(C)N(C(=O)c1cccc2c1C=C(c1cc(Nc3ccnc(N)n3)cc3cn[nH]c13)C2)C(C)C. The zero-order valence-electron chi connectivity index (χ0n) is 22.7. The maximum absolute atomic E-state index is 13.5. The van der Waals surface area contributed by atoms with Crippen LogP contribution in [0.1, 0.15) is 61.7 Å². The number of amides is 1. The molecule has 2 heterocycles. The average Bonchev–Trinajstić information content (AvgIpc) is 3.49. The first-order chi connectivity index (χ1) is 18.5.